The summed E-state index contributed by atoms with van der Waals surface area (Å²) in [4.78, 5) is 12.5. The number of aryl methyl sites for hydroxylation is 1. The van der Waals surface area contributed by atoms with Gasteiger partial charge in [0.25, 0.3) is 5.91 Å². The minimum absolute atomic E-state index is 0.0932. The van der Waals surface area contributed by atoms with Gasteiger partial charge in [-0.15, -0.1) is 11.3 Å². The summed E-state index contributed by atoms with van der Waals surface area (Å²) in [6, 6.07) is -0.174. The first-order chi connectivity index (χ1) is 8.49. The van der Waals surface area contributed by atoms with Gasteiger partial charge in [0.1, 0.15) is 10.7 Å². The smallest absolute Gasteiger partial charge is 0.263 e. The molecule has 0 fully saturated rings. The lowest BCUT2D eigenvalue weighted by molar-refractivity contribution is 0.0941. The number of hydrogen-bond donors (Lipinski definition) is 3. The molecule has 1 unspecified atom stereocenters. The molecule has 1 aromatic rings. The quantitative estimate of drug-likeness (QED) is 0.336. The highest BCUT2D eigenvalue weighted by atomic mass is 35.5. The predicted molar refractivity (Wildman–Crippen MR) is 73.6 cm³/mol. The number of thiophene rings is 1. The van der Waals surface area contributed by atoms with Gasteiger partial charge >= 0.3 is 0 Å². The van der Waals surface area contributed by atoms with E-state index in [-0.39, 0.29) is 17.8 Å². The van der Waals surface area contributed by atoms with Gasteiger partial charge in [-0.25, -0.2) is 0 Å². The van der Waals surface area contributed by atoms with Crippen molar-refractivity contribution >= 4 is 34.7 Å². The monoisotopic (exact) mass is 289 g/mol. The highest BCUT2D eigenvalue weighted by Crippen LogP contribution is 2.27. The molecule has 7 heteroatoms. The highest BCUT2D eigenvalue weighted by molar-refractivity contribution is 7.13. The van der Waals surface area contributed by atoms with Crippen molar-refractivity contribution in [2.24, 2.45) is 10.9 Å². The van der Waals surface area contributed by atoms with Crippen LogP contribution in [0.3, 0.4) is 0 Å². The Morgan fingerprint density at radius 1 is 1.72 bits per heavy atom. The summed E-state index contributed by atoms with van der Waals surface area (Å²) in [7, 11) is 0. The van der Waals surface area contributed by atoms with Crippen molar-refractivity contribution in [3.63, 3.8) is 0 Å². The summed E-state index contributed by atoms with van der Waals surface area (Å²) in [5, 5.41) is 16.5. The van der Waals surface area contributed by atoms with Crippen LogP contribution in [0.1, 0.15) is 35.0 Å². The topological polar surface area (TPSA) is 87.7 Å². The minimum atomic E-state index is -0.226. The van der Waals surface area contributed by atoms with Crippen LogP contribution in [0.2, 0.25) is 5.02 Å². The molecule has 0 radical (unpaired) electrons. The van der Waals surface area contributed by atoms with E-state index >= 15 is 0 Å². The number of halogens is 1. The van der Waals surface area contributed by atoms with Crippen LogP contribution in [0, 0.1) is 6.92 Å². The summed E-state index contributed by atoms with van der Waals surface area (Å²) in [5.41, 5.74) is 6.31. The molecular weight excluding hydrogens is 274 g/mol. The van der Waals surface area contributed by atoms with Gasteiger partial charge in [0, 0.05) is 12.5 Å². The first-order valence-corrected chi connectivity index (χ1v) is 6.76. The van der Waals surface area contributed by atoms with Gasteiger partial charge in [-0.3, -0.25) is 4.79 Å². The van der Waals surface area contributed by atoms with Crippen molar-refractivity contribution in [1.82, 2.24) is 5.32 Å². The Bertz CT molecular complexity index is 459. The van der Waals surface area contributed by atoms with Crippen molar-refractivity contribution in [2.45, 2.75) is 32.7 Å². The largest absolute Gasteiger partial charge is 0.409 e. The van der Waals surface area contributed by atoms with Crippen LogP contribution in [-0.4, -0.2) is 23.0 Å². The summed E-state index contributed by atoms with van der Waals surface area (Å²) >= 11 is 7.33. The molecule has 1 rings (SSSR count). The standard InChI is InChI=1S/C11H16ClN3O2S/c1-3-7(4-8(13)15-17)14-11(16)10-9(12)6(2)5-18-10/h5,7,17H,3-4H2,1-2H3,(H2,13,15)(H,14,16). The van der Waals surface area contributed by atoms with Crippen molar-refractivity contribution in [1.29, 1.82) is 0 Å². The van der Waals surface area contributed by atoms with Crippen molar-refractivity contribution in [2.75, 3.05) is 0 Å². The maximum absolute atomic E-state index is 12.0. The molecule has 0 aliphatic heterocycles. The molecule has 18 heavy (non-hydrogen) atoms. The summed E-state index contributed by atoms with van der Waals surface area (Å²) in [6.45, 7) is 3.76. The van der Waals surface area contributed by atoms with E-state index in [1.807, 2.05) is 19.2 Å². The molecule has 0 aliphatic carbocycles. The Kier molecular flexibility index (Phi) is 5.43. The number of nitrogens with one attached hydrogen (secondary N) is 1. The fourth-order valence-corrected chi connectivity index (χ4v) is 2.61. The fourth-order valence-electron chi connectivity index (χ4n) is 1.42. The van der Waals surface area contributed by atoms with Crippen molar-refractivity contribution in [3.8, 4) is 0 Å². The number of amides is 1. The van der Waals surface area contributed by atoms with Gasteiger partial charge in [-0.2, -0.15) is 0 Å². The van der Waals surface area contributed by atoms with Gasteiger partial charge in [0.2, 0.25) is 0 Å². The van der Waals surface area contributed by atoms with Gasteiger partial charge in [-0.05, 0) is 24.3 Å². The third-order valence-corrected chi connectivity index (χ3v) is 4.21. The third kappa shape index (κ3) is 3.61. The number of nitrogens with two attached hydrogens (primary N) is 1. The lowest BCUT2D eigenvalue weighted by atomic mass is 10.1. The summed E-state index contributed by atoms with van der Waals surface area (Å²) in [6.07, 6.45) is 0.991. The molecular formula is C11H16ClN3O2S. The van der Waals surface area contributed by atoms with Crippen LogP contribution in [-0.2, 0) is 0 Å². The fraction of sp³-hybridized carbons (Fsp3) is 0.455. The second kappa shape index (κ2) is 6.61. The van der Waals surface area contributed by atoms with Crippen molar-refractivity contribution in [3.05, 3.63) is 20.8 Å². The van der Waals surface area contributed by atoms with Crippen LogP contribution in [0.4, 0.5) is 0 Å². The number of carbonyl (C=O) groups excluding carboxylic acids is 1. The Labute approximate surface area is 115 Å². The van der Waals surface area contributed by atoms with Gasteiger partial charge in [0.05, 0.1) is 5.02 Å². The maximum Gasteiger partial charge on any atom is 0.263 e. The molecule has 0 aliphatic rings. The minimum Gasteiger partial charge on any atom is -0.409 e. The van der Waals surface area contributed by atoms with Crippen LogP contribution < -0.4 is 11.1 Å². The molecule has 4 N–H and O–H groups in total. The van der Waals surface area contributed by atoms with Gasteiger partial charge in [-0.1, -0.05) is 23.7 Å². The number of rotatable bonds is 5. The first-order valence-electron chi connectivity index (χ1n) is 5.50. The Hall–Kier alpha value is -1.27. The molecule has 5 nitrogen and oxygen atoms in total. The molecule has 1 atom stereocenters. The Morgan fingerprint density at radius 2 is 2.39 bits per heavy atom. The van der Waals surface area contributed by atoms with Crippen molar-refractivity contribution < 1.29 is 10.0 Å². The average Bonchev–Trinajstić information content (AvgIpc) is 2.68. The van der Waals surface area contributed by atoms with E-state index in [4.69, 9.17) is 22.5 Å². The zero-order chi connectivity index (χ0) is 13.7. The molecule has 100 valence electrons. The average molecular weight is 290 g/mol. The lowest BCUT2D eigenvalue weighted by Gasteiger charge is -2.15. The van der Waals surface area contributed by atoms with E-state index in [1.54, 1.807) is 0 Å². The zero-order valence-corrected chi connectivity index (χ0v) is 11.8. The SMILES string of the molecule is CCC(C/C(N)=N/O)NC(=O)c1scc(C)c1Cl. The number of nitrogens with zero attached hydrogens (tertiary/aromatic N) is 1. The van der Waals surface area contributed by atoms with E-state index in [2.05, 4.69) is 10.5 Å². The molecule has 1 aromatic heterocycles. The third-order valence-electron chi connectivity index (χ3n) is 2.52. The maximum atomic E-state index is 12.0. The molecule has 1 amide bonds. The molecule has 0 spiro atoms. The summed E-state index contributed by atoms with van der Waals surface area (Å²) in [5.74, 6) is -0.133. The normalized spacial score (nSPS) is 13.4. The molecule has 0 bridgehead atoms. The van der Waals surface area contributed by atoms with E-state index in [9.17, 15) is 4.79 Å². The highest BCUT2D eigenvalue weighted by Gasteiger charge is 2.18. The number of hydrogen-bond acceptors (Lipinski definition) is 4. The predicted octanol–water partition coefficient (Wildman–Crippen LogP) is 2.35. The lowest BCUT2D eigenvalue weighted by Crippen LogP contribution is -2.37. The molecule has 0 saturated heterocycles. The molecule has 0 aromatic carbocycles. The number of oxime groups is 1. The second-order valence-corrected chi connectivity index (χ2v) is 5.19. The Morgan fingerprint density at radius 3 is 2.83 bits per heavy atom. The van der Waals surface area contributed by atoms with Gasteiger partial charge in [0.15, 0.2) is 0 Å². The van der Waals surface area contributed by atoms with Crippen LogP contribution in [0.5, 0.6) is 0 Å². The Balaban J connectivity index is 2.71. The van der Waals surface area contributed by atoms with E-state index < -0.39 is 0 Å². The second-order valence-electron chi connectivity index (χ2n) is 3.94. The summed E-state index contributed by atoms with van der Waals surface area (Å²) < 4.78 is 0. The molecule has 0 saturated carbocycles. The van der Waals surface area contributed by atoms with E-state index in [0.29, 0.717) is 22.7 Å². The van der Waals surface area contributed by atoms with Gasteiger partial charge < -0.3 is 16.3 Å². The van der Waals surface area contributed by atoms with E-state index in [1.165, 1.54) is 11.3 Å². The van der Waals surface area contributed by atoms with Crippen LogP contribution in [0.15, 0.2) is 10.5 Å². The van der Waals surface area contributed by atoms with Crippen LogP contribution in [0.25, 0.3) is 0 Å². The number of amidine groups is 1. The number of carbonyl (C=O) groups is 1. The molecule has 1 heterocycles. The first kappa shape index (κ1) is 14.8. The van der Waals surface area contributed by atoms with Crippen LogP contribution >= 0.6 is 22.9 Å². The van der Waals surface area contributed by atoms with E-state index in [0.717, 1.165) is 5.56 Å². The zero-order valence-electron chi connectivity index (χ0n) is 10.2.